The molecule has 0 aromatic rings. The number of hydrogen-bond acceptors (Lipinski definition) is 3. The summed E-state index contributed by atoms with van der Waals surface area (Å²) in [5.74, 6) is -1.69. The molecule has 0 aromatic carbocycles. The Morgan fingerprint density at radius 3 is 2.75 bits per heavy atom. The first-order chi connectivity index (χ1) is 5.61. The highest BCUT2D eigenvalue weighted by Crippen LogP contribution is 2.29. The minimum absolute atomic E-state index is 0.0293. The molecule has 4 heteroatoms. The molecular weight excluding hydrogens is 163 g/mol. The van der Waals surface area contributed by atoms with Crippen LogP contribution in [0.4, 0.5) is 4.39 Å². The predicted molar refractivity (Wildman–Crippen MR) is 39.3 cm³/mol. The van der Waals surface area contributed by atoms with Crippen molar-refractivity contribution in [1.29, 1.82) is 0 Å². The van der Waals surface area contributed by atoms with Crippen molar-refractivity contribution in [2.45, 2.75) is 31.4 Å². The molecule has 0 aromatic heterocycles. The molecule has 0 spiro atoms. The van der Waals surface area contributed by atoms with Crippen molar-refractivity contribution in [1.82, 2.24) is 0 Å². The summed E-state index contributed by atoms with van der Waals surface area (Å²) < 4.78 is 17.8. The molecule has 0 saturated heterocycles. The van der Waals surface area contributed by atoms with Gasteiger partial charge in [0.15, 0.2) is 5.78 Å². The average Bonchev–Trinajstić information content (AvgIpc) is 2.09. The molecule has 1 rings (SSSR count). The number of alkyl halides is 1. The second-order valence-corrected chi connectivity index (χ2v) is 2.92. The predicted octanol–water partition coefficient (Wildman–Crippen LogP) is 1.01. The van der Waals surface area contributed by atoms with Crippen LogP contribution in [-0.2, 0) is 14.3 Å². The lowest BCUT2D eigenvalue weighted by Crippen LogP contribution is -2.45. The molecule has 3 nitrogen and oxygen atoms in total. The van der Waals surface area contributed by atoms with E-state index in [9.17, 15) is 14.0 Å². The fourth-order valence-electron chi connectivity index (χ4n) is 1.37. The number of ether oxygens (including phenoxy) is 1. The topological polar surface area (TPSA) is 43.4 Å². The molecule has 0 heterocycles. The molecule has 0 amide bonds. The number of Topliss-reactive ketones (excluding diaryl/α,β-unsaturated/α-hetero) is 1. The van der Waals surface area contributed by atoms with Gasteiger partial charge in [0.25, 0.3) is 5.67 Å². The van der Waals surface area contributed by atoms with E-state index in [1.807, 2.05) is 0 Å². The number of ketones is 1. The molecule has 0 radical (unpaired) electrons. The van der Waals surface area contributed by atoms with Crippen molar-refractivity contribution in [3.05, 3.63) is 0 Å². The van der Waals surface area contributed by atoms with Gasteiger partial charge in [-0.1, -0.05) is 0 Å². The molecule has 12 heavy (non-hydrogen) atoms. The second-order valence-electron chi connectivity index (χ2n) is 2.92. The molecule has 0 aliphatic heterocycles. The van der Waals surface area contributed by atoms with Gasteiger partial charge in [0.05, 0.1) is 7.11 Å². The molecule has 1 unspecified atom stereocenters. The van der Waals surface area contributed by atoms with Gasteiger partial charge in [0.2, 0.25) is 0 Å². The van der Waals surface area contributed by atoms with E-state index in [0.717, 1.165) is 7.11 Å². The fraction of sp³-hybridized carbons (Fsp3) is 0.750. The highest BCUT2D eigenvalue weighted by molar-refractivity contribution is 6.07. The van der Waals surface area contributed by atoms with Gasteiger partial charge >= 0.3 is 5.97 Å². The summed E-state index contributed by atoms with van der Waals surface area (Å²) in [4.78, 5) is 21.9. The van der Waals surface area contributed by atoms with E-state index in [-0.39, 0.29) is 12.8 Å². The fourth-order valence-corrected chi connectivity index (χ4v) is 1.37. The maximum absolute atomic E-state index is 13.5. The van der Waals surface area contributed by atoms with Gasteiger partial charge < -0.3 is 4.74 Å². The number of hydrogen-bond donors (Lipinski definition) is 0. The number of carbonyl (C=O) groups excluding carboxylic acids is 2. The van der Waals surface area contributed by atoms with Crippen molar-refractivity contribution in [3.8, 4) is 0 Å². The van der Waals surface area contributed by atoms with E-state index in [4.69, 9.17) is 0 Å². The Kier molecular flexibility index (Phi) is 2.45. The normalized spacial score (nSPS) is 30.0. The Morgan fingerprint density at radius 2 is 2.25 bits per heavy atom. The van der Waals surface area contributed by atoms with Crippen LogP contribution in [0.1, 0.15) is 25.7 Å². The van der Waals surface area contributed by atoms with Crippen molar-refractivity contribution < 1.29 is 18.7 Å². The minimum Gasteiger partial charge on any atom is -0.466 e. The monoisotopic (exact) mass is 174 g/mol. The van der Waals surface area contributed by atoms with E-state index in [0.29, 0.717) is 12.8 Å². The molecule has 0 bridgehead atoms. The second kappa shape index (κ2) is 3.21. The van der Waals surface area contributed by atoms with Gasteiger partial charge in [-0.2, -0.15) is 0 Å². The summed E-state index contributed by atoms with van der Waals surface area (Å²) in [6.45, 7) is 0. The molecule has 1 atom stereocenters. The molecule has 1 fully saturated rings. The summed E-state index contributed by atoms with van der Waals surface area (Å²) in [6, 6.07) is 0. The van der Waals surface area contributed by atoms with Gasteiger partial charge in [-0.3, -0.25) is 4.79 Å². The Morgan fingerprint density at radius 1 is 1.58 bits per heavy atom. The van der Waals surface area contributed by atoms with Crippen LogP contribution < -0.4 is 0 Å². The number of esters is 1. The third-order valence-corrected chi connectivity index (χ3v) is 2.13. The third-order valence-electron chi connectivity index (χ3n) is 2.13. The number of halogens is 1. The van der Waals surface area contributed by atoms with Gasteiger partial charge in [-0.25, -0.2) is 9.18 Å². The van der Waals surface area contributed by atoms with Crippen LogP contribution in [0.25, 0.3) is 0 Å². The lowest BCUT2D eigenvalue weighted by molar-refractivity contribution is -0.162. The summed E-state index contributed by atoms with van der Waals surface area (Å²) in [6.07, 6.45) is 1.35. The zero-order valence-electron chi connectivity index (χ0n) is 6.93. The van der Waals surface area contributed by atoms with Crippen molar-refractivity contribution in [2.24, 2.45) is 0 Å². The summed E-state index contributed by atoms with van der Waals surface area (Å²) in [5, 5.41) is 0. The smallest absolute Gasteiger partial charge is 0.351 e. The van der Waals surface area contributed by atoms with Gasteiger partial charge in [0, 0.05) is 6.42 Å². The van der Waals surface area contributed by atoms with Crippen LogP contribution in [-0.4, -0.2) is 24.5 Å². The van der Waals surface area contributed by atoms with Crippen molar-refractivity contribution in [2.75, 3.05) is 7.11 Å². The zero-order chi connectivity index (χ0) is 9.19. The molecule has 68 valence electrons. The molecule has 0 N–H and O–H groups in total. The highest BCUT2D eigenvalue weighted by atomic mass is 19.1. The summed E-state index contributed by atoms with van der Waals surface area (Å²) >= 11 is 0. The summed E-state index contributed by atoms with van der Waals surface area (Å²) in [7, 11) is 1.09. The van der Waals surface area contributed by atoms with E-state index >= 15 is 0 Å². The number of rotatable bonds is 1. The van der Waals surface area contributed by atoms with Crippen LogP contribution in [0.5, 0.6) is 0 Å². The van der Waals surface area contributed by atoms with E-state index in [2.05, 4.69) is 4.74 Å². The lowest BCUT2D eigenvalue weighted by Gasteiger charge is -2.24. The Labute approximate surface area is 69.9 Å². The van der Waals surface area contributed by atoms with Crippen LogP contribution in [0.2, 0.25) is 0 Å². The Hall–Kier alpha value is -0.930. The third kappa shape index (κ3) is 1.33. The quantitative estimate of drug-likeness (QED) is 0.440. The first kappa shape index (κ1) is 9.16. The Balaban J connectivity index is 2.79. The van der Waals surface area contributed by atoms with Crippen LogP contribution in [0.3, 0.4) is 0 Å². The minimum atomic E-state index is -2.35. The van der Waals surface area contributed by atoms with Gasteiger partial charge in [0.1, 0.15) is 0 Å². The largest absolute Gasteiger partial charge is 0.466 e. The van der Waals surface area contributed by atoms with Gasteiger partial charge in [-0.05, 0) is 19.3 Å². The van der Waals surface area contributed by atoms with Gasteiger partial charge in [-0.15, -0.1) is 0 Å². The van der Waals surface area contributed by atoms with Crippen LogP contribution >= 0.6 is 0 Å². The molecular formula is C8H11FO3. The number of methoxy groups -OCH3 is 1. The van der Waals surface area contributed by atoms with Crippen molar-refractivity contribution >= 4 is 11.8 Å². The maximum atomic E-state index is 13.5. The lowest BCUT2D eigenvalue weighted by atomic mass is 9.85. The highest BCUT2D eigenvalue weighted by Gasteiger charge is 2.48. The van der Waals surface area contributed by atoms with Crippen LogP contribution in [0.15, 0.2) is 0 Å². The van der Waals surface area contributed by atoms with Crippen LogP contribution in [0, 0.1) is 0 Å². The van der Waals surface area contributed by atoms with E-state index in [1.165, 1.54) is 0 Å². The summed E-state index contributed by atoms with van der Waals surface area (Å²) in [5.41, 5.74) is -2.35. The molecule has 1 saturated carbocycles. The first-order valence-electron chi connectivity index (χ1n) is 3.92. The molecule has 1 aliphatic carbocycles. The number of carbonyl (C=O) groups is 2. The SMILES string of the molecule is COC(=O)C1(F)CCCCC1=O. The Bertz CT molecular complexity index is 204. The first-order valence-corrected chi connectivity index (χ1v) is 3.92. The zero-order valence-corrected chi connectivity index (χ0v) is 6.93. The average molecular weight is 174 g/mol. The maximum Gasteiger partial charge on any atom is 0.351 e. The van der Waals surface area contributed by atoms with Crippen molar-refractivity contribution in [3.63, 3.8) is 0 Å². The van der Waals surface area contributed by atoms with E-state index < -0.39 is 17.4 Å². The standard InChI is InChI=1S/C8H11FO3/c1-12-7(11)8(9)5-3-2-4-6(8)10/h2-5H2,1H3. The molecule has 1 aliphatic rings. The van der Waals surface area contributed by atoms with E-state index in [1.54, 1.807) is 0 Å².